The van der Waals surface area contributed by atoms with Gasteiger partial charge in [-0.15, -0.1) is 0 Å². The van der Waals surface area contributed by atoms with Gasteiger partial charge in [0.15, 0.2) is 6.10 Å². The van der Waals surface area contributed by atoms with Gasteiger partial charge in [-0.3, -0.25) is 9.69 Å². The van der Waals surface area contributed by atoms with Crippen LogP contribution in [0.4, 0.5) is 0 Å². The molecule has 0 saturated carbocycles. The number of esters is 1. The average molecular weight is 467 g/mol. The van der Waals surface area contributed by atoms with Crippen molar-refractivity contribution in [2.24, 2.45) is 0 Å². The number of nitrogens with one attached hydrogen (secondary N) is 1. The molecule has 34 heavy (non-hydrogen) atoms. The summed E-state index contributed by atoms with van der Waals surface area (Å²) in [6.07, 6.45) is -1.82. The van der Waals surface area contributed by atoms with Gasteiger partial charge >= 0.3 is 5.97 Å². The maximum absolute atomic E-state index is 13.2. The molecule has 2 aromatic carbocycles. The fourth-order valence-corrected chi connectivity index (χ4v) is 4.64. The Labute approximate surface area is 201 Å². The molecule has 4 rings (SSSR count). The minimum Gasteiger partial charge on any atom is -0.454 e. The first-order valence-electron chi connectivity index (χ1n) is 11.7. The van der Waals surface area contributed by atoms with Crippen LogP contribution in [0.25, 0.3) is 0 Å². The second-order valence-electron chi connectivity index (χ2n) is 9.97. The summed E-state index contributed by atoms with van der Waals surface area (Å²) in [5, 5.41) is 2.76. The molecule has 7 nitrogen and oxygen atoms in total. The van der Waals surface area contributed by atoms with Gasteiger partial charge in [-0.1, -0.05) is 48.5 Å². The summed E-state index contributed by atoms with van der Waals surface area (Å²) >= 11 is 0. The molecule has 2 aliphatic rings. The van der Waals surface area contributed by atoms with Crippen molar-refractivity contribution in [2.75, 3.05) is 13.6 Å². The first kappa shape index (κ1) is 24.4. The van der Waals surface area contributed by atoms with Crippen LogP contribution >= 0.6 is 0 Å². The molecule has 0 bridgehead atoms. The summed E-state index contributed by atoms with van der Waals surface area (Å²) in [7, 11) is 1.59. The Kier molecular flexibility index (Phi) is 6.80. The number of benzene rings is 2. The zero-order valence-electron chi connectivity index (χ0n) is 20.5. The second kappa shape index (κ2) is 9.49. The van der Waals surface area contributed by atoms with E-state index in [-0.39, 0.29) is 12.0 Å². The summed E-state index contributed by atoms with van der Waals surface area (Å²) < 4.78 is 19.2. The largest absolute Gasteiger partial charge is 0.454 e. The number of carbonyl (C=O) groups is 2. The number of carbonyl (C=O) groups excluding carboxylic acids is 2. The molecular weight excluding hydrogens is 432 g/mol. The molecule has 4 unspecified atom stereocenters. The fourth-order valence-electron chi connectivity index (χ4n) is 4.64. The number of amides is 1. The Bertz CT molecular complexity index is 1010. The SMILES string of the molecule is CNC(=O)C1C(OC(=O)c2ccccc2)C2OC(C)(C)C(C)(C)OC2CN1Cc1ccccc1. The monoisotopic (exact) mass is 466 g/mol. The number of likely N-dealkylation sites (N-methyl/N-ethyl adjacent to an activating group) is 1. The van der Waals surface area contributed by atoms with E-state index in [0.717, 1.165) is 5.56 Å². The third-order valence-electron chi connectivity index (χ3n) is 7.13. The summed E-state index contributed by atoms with van der Waals surface area (Å²) in [5.41, 5.74) is 0.256. The molecule has 2 aliphatic heterocycles. The quantitative estimate of drug-likeness (QED) is 0.682. The van der Waals surface area contributed by atoms with E-state index in [1.807, 2.05) is 69.0 Å². The van der Waals surface area contributed by atoms with E-state index in [1.54, 1.807) is 31.3 Å². The van der Waals surface area contributed by atoms with Crippen LogP contribution in [0.1, 0.15) is 43.6 Å². The van der Waals surface area contributed by atoms with Gasteiger partial charge in [-0.2, -0.15) is 0 Å². The number of hydrogen-bond donors (Lipinski definition) is 1. The number of fused-ring (bicyclic) bond motifs is 1. The standard InChI is InChI=1S/C27H34N2O5/c1-26(2)27(3,4)34-22-20(33-26)17-29(16-18-12-8-6-9-13-18)21(24(30)28-5)23(22)32-25(31)19-14-10-7-11-15-19/h6-15,20-23H,16-17H2,1-5H3,(H,28,30). The topological polar surface area (TPSA) is 77.1 Å². The predicted octanol–water partition coefficient (Wildman–Crippen LogP) is 3.18. The zero-order valence-corrected chi connectivity index (χ0v) is 20.5. The van der Waals surface area contributed by atoms with Crippen molar-refractivity contribution in [3.8, 4) is 0 Å². The first-order chi connectivity index (χ1) is 16.1. The van der Waals surface area contributed by atoms with Crippen molar-refractivity contribution in [3.05, 3.63) is 71.8 Å². The lowest BCUT2D eigenvalue weighted by atomic mass is 9.83. The third kappa shape index (κ3) is 4.73. The smallest absolute Gasteiger partial charge is 0.338 e. The molecular formula is C27H34N2O5. The highest BCUT2D eigenvalue weighted by Gasteiger charge is 2.58. The Morgan fingerprint density at radius 3 is 2.18 bits per heavy atom. The van der Waals surface area contributed by atoms with E-state index in [1.165, 1.54) is 0 Å². The van der Waals surface area contributed by atoms with E-state index in [9.17, 15) is 9.59 Å². The zero-order chi connectivity index (χ0) is 24.5. The molecule has 4 atom stereocenters. The summed E-state index contributed by atoms with van der Waals surface area (Å²) in [4.78, 5) is 28.4. The van der Waals surface area contributed by atoms with E-state index in [4.69, 9.17) is 14.2 Å². The number of hydrogen-bond acceptors (Lipinski definition) is 6. The Morgan fingerprint density at radius 2 is 1.56 bits per heavy atom. The average Bonchev–Trinajstić information content (AvgIpc) is 2.81. The van der Waals surface area contributed by atoms with E-state index < -0.39 is 35.4 Å². The van der Waals surface area contributed by atoms with Gasteiger partial charge in [0.2, 0.25) is 5.91 Å². The maximum Gasteiger partial charge on any atom is 0.338 e. The number of ether oxygens (including phenoxy) is 3. The van der Waals surface area contributed by atoms with Gasteiger partial charge in [-0.05, 0) is 45.4 Å². The van der Waals surface area contributed by atoms with E-state index in [0.29, 0.717) is 18.7 Å². The van der Waals surface area contributed by atoms with Crippen LogP contribution in [0.5, 0.6) is 0 Å². The first-order valence-corrected chi connectivity index (χ1v) is 11.7. The highest BCUT2D eigenvalue weighted by Crippen LogP contribution is 2.42. The lowest BCUT2D eigenvalue weighted by Gasteiger charge is -2.57. The molecule has 1 N–H and O–H groups in total. The number of nitrogens with zero attached hydrogens (tertiary/aromatic N) is 1. The molecule has 2 saturated heterocycles. The lowest BCUT2D eigenvalue weighted by Crippen LogP contribution is -2.73. The summed E-state index contributed by atoms with van der Waals surface area (Å²) in [5.74, 6) is -0.725. The van der Waals surface area contributed by atoms with Crippen molar-refractivity contribution in [3.63, 3.8) is 0 Å². The molecule has 2 heterocycles. The molecule has 0 aliphatic carbocycles. The van der Waals surface area contributed by atoms with Crippen LogP contribution in [0.15, 0.2) is 60.7 Å². The third-order valence-corrected chi connectivity index (χ3v) is 7.13. The van der Waals surface area contributed by atoms with Gasteiger partial charge in [0, 0.05) is 20.1 Å². The van der Waals surface area contributed by atoms with Crippen LogP contribution in [0.3, 0.4) is 0 Å². The van der Waals surface area contributed by atoms with Gasteiger partial charge in [0.25, 0.3) is 0 Å². The highest BCUT2D eigenvalue weighted by molar-refractivity contribution is 5.90. The van der Waals surface area contributed by atoms with Crippen molar-refractivity contribution < 1.29 is 23.8 Å². The molecule has 0 radical (unpaired) electrons. The molecule has 2 aromatic rings. The van der Waals surface area contributed by atoms with Crippen LogP contribution in [0, 0.1) is 0 Å². The van der Waals surface area contributed by atoms with Crippen molar-refractivity contribution in [1.82, 2.24) is 10.2 Å². The van der Waals surface area contributed by atoms with Crippen molar-refractivity contribution in [1.29, 1.82) is 0 Å². The van der Waals surface area contributed by atoms with Gasteiger partial charge < -0.3 is 19.5 Å². The second-order valence-corrected chi connectivity index (χ2v) is 9.97. The van der Waals surface area contributed by atoms with Crippen LogP contribution in [-0.2, 0) is 25.5 Å². The van der Waals surface area contributed by atoms with Crippen LogP contribution < -0.4 is 5.32 Å². The molecule has 2 fully saturated rings. The Morgan fingerprint density at radius 1 is 0.971 bits per heavy atom. The van der Waals surface area contributed by atoms with Gasteiger partial charge in [0.05, 0.1) is 16.8 Å². The Balaban J connectivity index is 1.72. The van der Waals surface area contributed by atoms with Crippen molar-refractivity contribution in [2.45, 2.75) is 69.8 Å². The molecule has 1 amide bonds. The van der Waals surface area contributed by atoms with Gasteiger partial charge in [0.1, 0.15) is 18.2 Å². The fraction of sp³-hybridized carbons (Fsp3) is 0.481. The summed E-state index contributed by atoms with van der Waals surface area (Å²) in [6, 6.07) is 18.0. The number of rotatable bonds is 5. The molecule has 182 valence electrons. The van der Waals surface area contributed by atoms with Crippen LogP contribution in [-0.4, -0.2) is 65.9 Å². The minimum absolute atomic E-state index is 0.230. The maximum atomic E-state index is 13.2. The lowest BCUT2D eigenvalue weighted by molar-refractivity contribution is -0.326. The van der Waals surface area contributed by atoms with E-state index in [2.05, 4.69) is 5.32 Å². The molecule has 0 aromatic heterocycles. The normalized spacial score (nSPS) is 27.9. The Hall–Kier alpha value is -2.74. The minimum atomic E-state index is -0.856. The number of piperidine rings is 1. The molecule has 0 spiro atoms. The predicted molar refractivity (Wildman–Crippen MR) is 128 cm³/mol. The highest BCUT2D eigenvalue weighted by atomic mass is 16.6. The molecule has 7 heteroatoms. The van der Waals surface area contributed by atoms with Crippen molar-refractivity contribution >= 4 is 11.9 Å². The van der Waals surface area contributed by atoms with Crippen LogP contribution in [0.2, 0.25) is 0 Å². The van der Waals surface area contributed by atoms with Gasteiger partial charge in [-0.25, -0.2) is 4.79 Å². The van der Waals surface area contributed by atoms with E-state index >= 15 is 0 Å². The number of likely N-dealkylation sites (tertiary alicyclic amines) is 1. The summed E-state index contributed by atoms with van der Waals surface area (Å²) in [6.45, 7) is 8.90.